The molecule has 1 aliphatic heterocycles. The fourth-order valence-corrected chi connectivity index (χ4v) is 5.29. The van der Waals surface area contributed by atoms with Crippen LogP contribution in [0.3, 0.4) is 0 Å². The number of hydrogen-bond acceptors (Lipinski definition) is 6. The predicted molar refractivity (Wildman–Crippen MR) is 111 cm³/mol. The SMILES string of the molecule is O=C(Nc1cccc(S(=O)(=O)N2CCOCC2)c1)c1cnc(-c2ccccc2F)s1. The Labute approximate surface area is 177 Å². The van der Waals surface area contributed by atoms with E-state index in [1.807, 2.05) is 0 Å². The molecule has 4 rings (SSSR count). The summed E-state index contributed by atoms with van der Waals surface area (Å²) in [5, 5.41) is 3.07. The third-order valence-corrected chi connectivity index (χ3v) is 7.46. The molecular weight excluding hydrogens is 429 g/mol. The van der Waals surface area contributed by atoms with Crippen LogP contribution in [0, 0.1) is 5.82 Å². The first-order chi connectivity index (χ1) is 14.4. The predicted octanol–water partition coefficient (Wildman–Crippen LogP) is 3.22. The summed E-state index contributed by atoms with van der Waals surface area (Å²) < 4.78 is 46.1. The lowest BCUT2D eigenvalue weighted by Crippen LogP contribution is -2.40. The number of carbonyl (C=O) groups excluding carboxylic acids is 1. The molecule has 3 aromatic rings. The molecule has 156 valence electrons. The lowest BCUT2D eigenvalue weighted by molar-refractivity contribution is 0.0730. The maximum atomic E-state index is 13.9. The van der Waals surface area contributed by atoms with E-state index in [4.69, 9.17) is 4.74 Å². The van der Waals surface area contributed by atoms with Gasteiger partial charge in [-0.3, -0.25) is 4.79 Å². The standard InChI is InChI=1S/C20H18FN3O4S2/c21-17-7-2-1-6-16(17)20-22-13-18(29-20)19(25)23-14-4-3-5-15(12-14)30(26,27)24-8-10-28-11-9-24/h1-7,12-13H,8-11H2,(H,23,25). The molecule has 2 heterocycles. The minimum Gasteiger partial charge on any atom is -0.379 e. The molecule has 10 heteroatoms. The molecule has 0 bridgehead atoms. The molecule has 7 nitrogen and oxygen atoms in total. The number of hydrogen-bond donors (Lipinski definition) is 1. The zero-order chi connectivity index (χ0) is 21.1. The molecule has 0 saturated carbocycles. The molecule has 0 atom stereocenters. The highest BCUT2D eigenvalue weighted by molar-refractivity contribution is 7.89. The first kappa shape index (κ1) is 20.6. The van der Waals surface area contributed by atoms with Gasteiger partial charge in [-0.15, -0.1) is 11.3 Å². The van der Waals surface area contributed by atoms with E-state index in [0.717, 1.165) is 11.3 Å². The Morgan fingerprint density at radius 2 is 1.90 bits per heavy atom. The molecule has 1 amide bonds. The van der Waals surface area contributed by atoms with Gasteiger partial charge >= 0.3 is 0 Å². The molecule has 1 aromatic heterocycles. The molecule has 0 unspecified atom stereocenters. The van der Waals surface area contributed by atoms with Gasteiger partial charge in [-0.05, 0) is 30.3 Å². The Morgan fingerprint density at radius 3 is 2.67 bits per heavy atom. The van der Waals surface area contributed by atoms with Crippen molar-refractivity contribution >= 4 is 33.0 Å². The van der Waals surface area contributed by atoms with E-state index in [1.54, 1.807) is 30.3 Å². The van der Waals surface area contributed by atoms with Crippen LogP contribution in [0.1, 0.15) is 9.67 Å². The number of nitrogens with zero attached hydrogens (tertiary/aromatic N) is 2. The third kappa shape index (κ3) is 4.26. The van der Waals surface area contributed by atoms with Crippen molar-refractivity contribution in [3.63, 3.8) is 0 Å². The van der Waals surface area contributed by atoms with Crippen molar-refractivity contribution in [2.75, 3.05) is 31.6 Å². The van der Waals surface area contributed by atoms with Gasteiger partial charge in [0.2, 0.25) is 10.0 Å². The number of anilines is 1. The van der Waals surface area contributed by atoms with E-state index < -0.39 is 21.7 Å². The molecule has 0 aliphatic carbocycles. The number of rotatable bonds is 5. The lowest BCUT2D eigenvalue weighted by Gasteiger charge is -2.26. The Bertz CT molecular complexity index is 1170. The molecule has 1 N–H and O–H groups in total. The summed E-state index contributed by atoms with van der Waals surface area (Å²) >= 11 is 1.06. The normalized spacial score (nSPS) is 15.1. The van der Waals surface area contributed by atoms with Crippen molar-refractivity contribution in [3.05, 3.63) is 65.4 Å². The number of ether oxygens (including phenoxy) is 1. The smallest absolute Gasteiger partial charge is 0.267 e. The van der Waals surface area contributed by atoms with Crippen LogP contribution in [0.25, 0.3) is 10.6 Å². The summed E-state index contributed by atoms with van der Waals surface area (Å²) in [6.07, 6.45) is 1.37. The average Bonchev–Trinajstić information content (AvgIpc) is 3.25. The molecular formula is C20H18FN3O4S2. The van der Waals surface area contributed by atoms with Crippen LogP contribution < -0.4 is 5.32 Å². The molecule has 30 heavy (non-hydrogen) atoms. The maximum absolute atomic E-state index is 13.9. The lowest BCUT2D eigenvalue weighted by atomic mass is 10.2. The fraction of sp³-hybridized carbons (Fsp3) is 0.200. The number of morpholine rings is 1. The van der Waals surface area contributed by atoms with Gasteiger partial charge in [0.05, 0.1) is 24.3 Å². The zero-order valence-corrected chi connectivity index (χ0v) is 17.4. The molecule has 0 spiro atoms. The number of thiazole rings is 1. The van der Waals surface area contributed by atoms with Gasteiger partial charge in [-0.2, -0.15) is 4.31 Å². The molecule has 1 saturated heterocycles. The van der Waals surface area contributed by atoms with Gasteiger partial charge in [0, 0.05) is 24.3 Å². The first-order valence-corrected chi connectivity index (χ1v) is 11.4. The minimum absolute atomic E-state index is 0.0959. The van der Waals surface area contributed by atoms with E-state index in [-0.39, 0.29) is 9.77 Å². The first-order valence-electron chi connectivity index (χ1n) is 9.15. The number of nitrogens with one attached hydrogen (secondary N) is 1. The van der Waals surface area contributed by atoms with Crippen LogP contribution in [-0.4, -0.2) is 49.9 Å². The monoisotopic (exact) mass is 447 g/mol. The van der Waals surface area contributed by atoms with Gasteiger partial charge in [-0.25, -0.2) is 17.8 Å². The fourth-order valence-electron chi connectivity index (χ4n) is 3.00. The summed E-state index contributed by atoms with van der Waals surface area (Å²) in [6, 6.07) is 12.3. The van der Waals surface area contributed by atoms with Gasteiger partial charge in [0.15, 0.2) is 0 Å². The highest BCUT2D eigenvalue weighted by atomic mass is 32.2. The van der Waals surface area contributed by atoms with Crippen molar-refractivity contribution in [1.82, 2.24) is 9.29 Å². The maximum Gasteiger partial charge on any atom is 0.267 e. The zero-order valence-electron chi connectivity index (χ0n) is 15.7. The number of carbonyl (C=O) groups is 1. The summed E-state index contributed by atoms with van der Waals surface area (Å²) in [6.45, 7) is 1.29. The van der Waals surface area contributed by atoms with Crippen LogP contribution in [-0.2, 0) is 14.8 Å². The summed E-state index contributed by atoms with van der Waals surface area (Å²) in [7, 11) is -3.67. The summed E-state index contributed by atoms with van der Waals surface area (Å²) in [5.74, 6) is -0.865. The largest absolute Gasteiger partial charge is 0.379 e. The Hall–Kier alpha value is -2.66. The van der Waals surface area contributed by atoms with E-state index >= 15 is 0 Å². The van der Waals surface area contributed by atoms with Crippen LogP contribution in [0.2, 0.25) is 0 Å². The molecule has 1 fully saturated rings. The van der Waals surface area contributed by atoms with Crippen LogP contribution in [0.15, 0.2) is 59.6 Å². The highest BCUT2D eigenvalue weighted by Crippen LogP contribution is 2.28. The number of amides is 1. The van der Waals surface area contributed by atoms with E-state index in [0.29, 0.717) is 42.6 Å². The van der Waals surface area contributed by atoms with Gasteiger partial charge in [0.25, 0.3) is 5.91 Å². The van der Waals surface area contributed by atoms with Crippen molar-refractivity contribution < 1.29 is 22.3 Å². The number of aromatic nitrogens is 1. The summed E-state index contributed by atoms with van der Waals surface area (Å²) in [4.78, 5) is 17.1. The minimum atomic E-state index is -3.67. The van der Waals surface area contributed by atoms with Gasteiger partial charge < -0.3 is 10.1 Å². The van der Waals surface area contributed by atoms with Crippen molar-refractivity contribution in [3.8, 4) is 10.6 Å². The average molecular weight is 448 g/mol. The van der Waals surface area contributed by atoms with E-state index in [2.05, 4.69) is 10.3 Å². The Morgan fingerprint density at radius 1 is 1.13 bits per heavy atom. The van der Waals surface area contributed by atoms with Gasteiger partial charge in [-0.1, -0.05) is 18.2 Å². The summed E-state index contributed by atoms with van der Waals surface area (Å²) in [5.41, 5.74) is 0.662. The second kappa shape index (κ2) is 8.60. The van der Waals surface area contributed by atoms with Crippen molar-refractivity contribution in [2.24, 2.45) is 0 Å². The quantitative estimate of drug-likeness (QED) is 0.649. The van der Waals surface area contributed by atoms with E-state index in [1.165, 1.54) is 28.7 Å². The molecule has 1 aliphatic rings. The van der Waals surface area contributed by atoms with E-state index in [9.17, 15) is 17.6 Å². The number of halogens is 1. The van der Waals surface area contributed by atoms with Crippen molar-refractivity contribution in [1.29, 1.82) is 0 Å². The number of benzene rings is 2. The number of sulfonamides is 1. The molecule has 0 radical (unpaired) electrons. The van der Waals surface area contributed by atoms with Crippen molar-refractivity contribution in [2.45, 2.75) is 4.90 Å². The highest BCUT2D eigenvalue weighted by Gasteiger charge is 2.26. The second-order valence-corrected chi connectivity index (χ2v) is 9.48. The van der Waals surface area contributed by atoms with Crippen LogP contribution in [0.4, 0.5) is 10.1 Å². The topological polar surface area (TPSA) is 88.6 Å². The van der Waals surface area contributed by atoms with Crippen LogP contribution >= 0.6 is 11.3 Å². The van der Waals surface area contributed by atoms with Gasteiger partial charge in [0.1, 0.15) is 15.7 Å². The second-order valence-electron chi connectivity index (χ2n) is 6.51. The Kier molecular flexibility index (Phi) is 5.91. The Balaban J connectivity index is 1.52. The third-order valence-electron chi connectivity index (χ3n) is 4.53. The molecule has 2 aromatic carbocycles. The van der Waals surface area contributed by atoms with Crippen LogP contribution in [0.5, 0.6) is 0 Å².